The number of anilines is 2. The minimum Gasteiger partial charge on any atom is -0.443 e. The van der Waals surface area contributed by atoms with Gasteiger partial charge in [-0.1, -0.05) is 48.5 Å². The molecule has 0 N–H and O–H groups in total. The molecule has 1 aromatic heterocycles. The molecule has 5 heteroatoms. The highest BCUT2D eigenvalue weighted by Gasteiger charge is 2.27. The third-order valence-corrected chi connectivity index (χ3v) is 4.17. The average Bonchev–Trinajstić information content (AvgIpc) is 3.05. The number of ether oxygens (including phenoxy) is 1. The predicted molar refractivity (Wildman–Crippen MR) is 102 cm³/mol. The zero-order chi connectivity index (χ0) is 17.9. The number of carbonyl (C=O) groups excluding carboxylic acids is 1. The maximum absolute atomic E-state index is 12.8. The third kappa shape index (κ3) is 4.25. The van der Waals surface area contributed by atoms with Crippen molar-refractivity contribution in [2.75, 3.05) is 4.90 Å². The molecular formula is C20H20N2O2S. The number of thiazole rings is 1. The van der Waals surface area contributed by atoms with Gasteiger partial charge in [-0.05, 0) is 32.9 Å². The van der Waals surface area contributed by atoms with Gasteiger partial charge in [0.15, 0.2) is 5.13 Å². The van der Waals surface area contributed by atoms with Crippen molar-refractivity contribution >= 4 is 28.2 Å². The fourth-order valence-electron chi connectivity index (χ4n) is 2.29. The maximum atomic E-state index is 12.8. The molecule has 0 aliphatic carbocycles. The van der Waals surface area contributed by atoms with Crippen molar-refractivity contribution in [3.63, 3.8) is 0 Å². The van der Waals surface area contributed by atoms with Gasteiger partial charge >= 0.3 is 6.09 Å². The van der Waals surface area contributed by atoms with Crippen LogP contribution in [0.5, 0.6) is 0 Å². The van der Waals surface area contributed by atoms with Crippen molar-refractivity contribution in [3.05, 3.63) is 66.0 Å². The van der Waals surface area contributed by atoms with E-state index in [9.17, 15) is 4.79 Å². The molecule has 0 spiro atoms. The predicted octanol–water partition coefficient (Wildman–Crippen LogP) is 5.88. The number of para-hydroxylation sites is 1. The molecule has 0 aliphatic heterocycles. The number of hydrogen-bond donors (Lipinski definition) is 0. The number of rotatable bonds is 3. The first-order valence-electron chi connectivity index (χ1n) is 8.03. The molecule has 128 valence electrons. The highest BCUT2D eigenvalue weighted by atomic mass is 32.1. The number of hydrogen-bond acceptors (Lipinski definition) is 4. The first kappa shape index (κ1) is 17.2. The molecule has 3 rings (SSSR count). The van der Waals surface area contributed by atoms with Crippen molar-refractivity contribution in [2.24, 2.45) is 0 Å². The Morgan fingerprint density at radius 3 is 2.20 bits per heavy atom. The SMILES string of the molecule is CC(C)(C)OC(=O)N(c1ccccc1)c1nc(-c2ccccc2)cs1. The summed E-state index contributed by atoms with van der Waals surface area (Å²) < 4.78 is 5.58. The van der Waals surface area contributed by atoms with Gasteiger partial charge in [-0.3, -0.25) is 0 Å². The highest BCUT2D eigenvalue weighted by molar-refractivity contribution is 7.14. The summed E-state index contributed by atoms with van der Waals surface area (Å²) >= 11 is 1.42. The van der Waals surface area contributed by atoms with Crippen LogP contribution in [-0.2, 0) is 4.74 Å². The summed E-state index contributed by atoms with van der Waals surface area (Å²) in [7, 11) is 0. The Morgan fingerprint density at radius 2 is 1.60 bits per heavy atom. The van der Waals surface area contributed by atoms with Gasteiger partial charge in [-0.25, -0.2) is 14.7 Å². The van der Waals surface area contributed by atoms with E-state index in [1.165, 1.54) is 16.2 Å². The van der Waals surface area contributed by atoms with Crippen LogP contribution in [0.15, 0.2) is 66.0 Å². The second kappa shape index (κ2) is 7.07. The summed E-state index contributed by atoms with van der Waals surface area (Å²) in [5.41, 5.74) is 2.00. The lowest BCUT2D eigenvalue weighted by atomic mass is 10.2. The van der Waals surface area contributed by atoms with E-state index in [-0.39, 0.29) is 0 Å². The van der Waals surface area contributed by atoms with Crippen LogP contribution in [0.25, 0.3) is 11.3 Å². The van der Waals surface area contributed by atoms with Gasteiger partial charge in [0.2, 0.25) is 0 Å². The van der Waals surface area contributed by atoms with Crippen LogP contribution < -0.4 is 4.90 Å². The molecule has 0 unspecified atom stereocenters. The van der Waals surface area contributed by atoms with Crippen LogP contribution in [0.4, 0.5) is 15.6 Å². The molecule has 1 heterocycles. The summed E-state index contributed by atoms with van der Waals surface area (Å²) in [5, 5.41) is 2.53. The Kier molecular flexibility index (Phi) is 4.86. The lowest BCUT2D eigenvalue weighted by Gasteiger charge is -2.25. The summed E-state index contributed by atoms with van der Waals surface area (Å²) in [6, 6.07) is 19.3. The Hall–Kier alpha value is -2.66. The van der Waals surface area contributed by atoms with E-state index in [1.807, 2.05) is 86.8 Å². The van der Waals surface area contributed by atoms with Crippen molar-refractivity contribution in [2.45, 2.75) is 26.4 Å². The maximum Gasteiger partial charge on any atom is 0.421 e. The van der Waals surface area contributed by atoms with E-state index < -0.39 is 11.7 Å². The molecule has 0 saturated heterocycles. The fraction of sp³-hybridized carbons (Fsp3) is 0.200. The van der Waals surface area contributed by atoms with Gasteiger partial charge in [-0.15, -0.1) is 11.3 Å². The Morgan fingerprint density at radius 1 is 1.00 bits per heavy atom. The molecule has 25 heavy (non-hydrogen) atoms. The first-order valence-corrected chi connectivity index (χ1v) is 8.91. The average molecular weight is 352 g/mol. The Bertz CT molecular complexity index is 839. The number of benzene rings is 2. The zero-order valence-corrected chi connectivity index (χ0v) is 15.3. The number of nitrogens with zero attached hydrogens (tertiary/aromatic N) is 2. The molecule has 2 aromatic carbocycles. The monoisotopic (exact) mass is 352 g/mol. The van der Waals surface area contributed by atoms with Crippen LogP contribution in [0.2, 0.25) is 0 Å². The highest BCUT2D eigenvalue weighted by Crippen LogP contribution is 2.33. The topological polar surface area (TPSA) is 42.4 Å². The zero-order valence-electron chi connectivity index (χ0n) is 14.5. The fourth-order valence-corrected chi connectivity index (χ4v) is 3.13. The molecule has 0 fully saturated rings. The Labute approximate surface area is 151 Å². The third-order valence-electron chi connectivity index (χ3n) is 3.34. The summed E-state index contributed by atoms with van der Waals surface area (Å²) in [5.74, 6) is 0. The summed E-state index contributed by atoms with van der Waals surface area (Å²) in [6.45, 7) is 5.56. The molecule has 0 radical (unpaired) electrons. The van der Waals surface area contributed by atoms with Crippen molar-refractivity contribution in [1.29, 1.82) is 0 Å². The van der Waals surface area contributed by atoms with E-state index in [0.29, 0.717) is 5.13 Å². The largest absolute Gasteiger partial charge is 0.443 e. The molecule has 4 nitrogen and oxygen atoms in total. The van der Waals surface area contributed by atoms with Gasteiger partial charge in [0.25, 0.3) is 0 Å². The van der Waals surface area contributed by atoms with Gasteiger partial charge in [-0.2, -0.15) is 0 Å². The smallest absolute Gasteiger partial charge is 0.421 e. The molecule has 0 bridgehead atoms. The molecular weight excluding hydrogens is 332 g/mol. The number of aromatic nitrogens is 1. The van der Waals surface area contributed by atoms with Gasteiger partial charge in [0.05, 0.1) is 11.4 Å². The van der Waals surface area contributed by atoms with E-state index in [4.69, 9.17) is 4.74 Å². The summed E-state index contributed by atoms with van der Waals surface area (Å²) in [4.78, 5) is 18.9. The molecule has 0 saturated carbocycles. The second-order valence-corrected chi connectivity index (χ2v) is 7.37. The first-order chi connectivity index (χ1) is 11.9. The van der Waals surface area contributed by atoms with Crippen LogP contribution in [0, 0.1) is 0 Å². The van der Waals surface area contributed by atoms with Crippen LogP contribution >= 0.6 is 11.3 Å². The summed E-state index contributed by atoms with van der Waals surface area (Å²) in [6.07, 6.45) is -0.437. The van der Waals surface area contributed by atoms with Crippen molar-refractivity contribution in [1.82, 2.24) is 4.98 Å². The van der Waals surface area contributed by atoms with E-state index in [0.717, 1.165) is 16.9 Å². The molecule has 0 aliphatic rings. The normalized spacial score (nSPS) is 11.2. The minimum absolute atomic E-state index is 0.437. The molecule has 0 atom stereocenters. The number of carbonyl (C=O) groups is 1. The van der Waals surface area contributed by atoms with Crippen LogP contribution in [0.3, 0.4) is 0 Å². The second-order valence-electron chi connectivity index (χ2n) is 6.53. The van der Waals surface area contributed by atoms with Crippen molar-refractivity contribution in [3.8, 4) is 11.3 Å². The minimum atomic E-state index is -0.580. The van der Waals surface area contributed by atoms with Gasteiger partial charge in [0, 0.05) is 10.9 Å². The van der Waals surface area contributed by atoms with Gasteiger partial charge < -0.3 is 4.74 Å². The van der Waals surface area contributed by atoms with Crippen LogP contribution in [-0.4, -0.2) is 16.7 Å². The standard InChI is InChI=1S/C20H20N2O2S/c1-20(2,3)24-19(23)22(16-12-8-5-9-13-16)18-21-17(14-25-18)15-10-6-4-7-11-15/h4-14H,1-3H3. The lowest BCUT2D eigenvalue weighted by molar-refractivity contribution is 0.0599. The van der Waals surface area contributed by atoms with Gasteiger partial charge in [0.1, 0.15) is 5.60 Å². The van der Waals surface area contributed by atoms with E-state index >= 15 is 0 Å². The quantitative estimate of drug-likeness (QED) is 0.591. The van der Waals surface area contributed by atoms with Crippen LogP contribution in [0.1, 0.15) is 20.8 Å². The van der Waals surface area contributed by atoms with Crippen molar-refractivity contribution < 1.29 is 9.53 Å². The lowest BCUT2D eigenvalue weighted by Crippen LogP contribution is -2.33. The molecule has 3 aromatic rings. The Balaban J connectivity index is 1.98. The van der Waals surface area contributed by atoms with E-state index in [1.54, 1.807) is 0 Å². The van der Waals surface area contributed by atoms with E-state index in [2.05, 4.69) is 4.98 Å². The number of amides is 1. The molecule has 1 amide bonds.